The summed E-state index contributed by atoms with van der Waals surface area (Å²) in [6, 6.07) is 0. The van der Waals surface area contributed by atoms with Crippen molar-refractivity contribution in [2.24, 2.45) is 5.41 Å². The molecule has 4 N–H and O–H groups in total. The molecule has 0 heterocycles. The maximum Gasteiger partial charge on any atom is 0.333 e. The number of esters is 2. The van der Waals surface area contributed by atoms with Gasteiger partial charge in [-0.05, 0) is 27.7 Å². The van der Waals surface area contributed by atoms with Crippen molar-refractivity contribution in [1.82, 2.24) is 0 Å². The molecule has 31 heavy (non-hydrogen) atoms. The molecule has 0 radical (unpaired) electrons. The molecule has 0 aliphatic heterocycles. The summed E-state index contributed by atoms with van der Waals surface area (Å²) < 4.78 is 9.74. The molecule has 176 valence electrons. The van der Waals surface area contributed by atoms with Crippen molar-refractivity contribution in [1.29, 1.82) is 0 Å². The zero-order valence-corrected chi connectivity index (χ0v) is 18.4. The topological polar surface area (TPSA) is 168 Å². The van der Waals surface area contributed by atoms with Gasteiger partial charge in [-0.3, -0.25) is 0 Å². The highest BCUT2D eigenvalue weighted by atomic mass is 16.6. The number of carbonyl (C=O) groups is 4. The predicted molar refractivity (Wildman–Crippen MR) is 113 cm³/mol. The van der Waals surface area contributed by atoms with Gasteiger partial charge in [-0.1, -0.05) is 26.3 Å². The van der Waals surface area contributed by atoms with Crippen LogP contribution in [-0.2, 0) is 28.7 Å². The minimum Gasteiger partial charge on any atom is -0.478 e. The molecule has 0 fully saturated rings. The summed E-state index contributed by atoms with van der Waals surface area (Å²) in [7, 11) is 0. The molecule has 0 aliphatic carbocycles. The van der Waals surface area contributed by atoms with Crippen LogP contribution >= 0.6 is 0 Å². The maximum atomic E-state index is 11.3. The lowest BCUT2D eigenvalue weighted by atomic mass is 9.92. The Bertz CT molecular complexity index is 619. The zero-order chi connectivity index (χ0) is 25.4. The number of hydrogen-bond acceptors (Lipinski definition) is 8. The summed E-state index contributed by atoms with van der Waals surface area (Å²) in [6.07, 6.45) is 0. The Morgan fingerprint density at radius 1 is 0.645 bits per heavy atom. The van der Waals surface area contributed by atoms with Crippen LogP contribution in [0.25, 0.3) is 0 Å². The van der Waals surface area contributed by atoms with Gasteiger partial charge < -0.3 is 29.9 Å². The first kappa shape index (κ1) is 32.4. The maximum absolute atomic E-state index is 11.3. The molecule has 0 aromatic rings. The van der Waals surface area contributed by atoms with Crippen molar-refractivity contribution in [2.45, 2.75) is 27.7 Å². The lowest BCUT2D eigenvalue weighted by Gasteiger charge is -2.28. The highest BCUT2D eigenvalue weighted by Gasteiger charge is 2.33. The third-order valence-electron chi connectivity index (χ3n) is 3.12. The van der Waals surface area contributed by atoms with Gasteiger partial charge in [0.1, 0.15) is 13.2 Å². The van der Waals surface area contributed by atoms with Gasteiger partial charge in [0.25, 0.3) is 0 Å². The van der Waals surface area contributed by atoms with Gasteiger partial charge in [0, 0.05) is 22.3 Å². The minimum atomic E-state index is -1.24. The second-order valence-electron chi connectivity index (χ2n) is 6.70. The Morgan fingerprint density at radius 3 is 1.00 bits per heavy atom. The standard InChI is InChI=1S/C13H20O6.2C4H6O2/c1-9(2)11(16)18-7-13(5-14,6-15)8-19-12(17)10(3)4;2*1-3(2)4(5)6/h14-15H,1,3,5-8H2,2,4H3;2*1H2,2H3,(H,5,6). The molecule has 0 spiro atoms. The quantitative estimate of drug-likeness (QED) is 0.286. The predicted octanol–water partition coefficient (Wildman–Crippen LogP) is 1.49. The van der Waals surface area contributed by atoms with Gasteiger partial charge in [0.15, 0.2) is 0 Å². The molecular weight excluding hydrogens is 412 g/mol. The largest absolute Gasteiger partial charge is 0.478 e. The Kier molecular flexibility index (Phi) is 17.3. The fourth-order valence-corrected chi connectivity index (χ4v) is 0.958. The van der Waals surface area contributed by atoms with Crippen LogP contribution in [0.1, 0.15) is 27.7 Å². The van der Waals surface area contributed by atoms with E-state index in [1.807, 2.05) is 0 Å². The number of rotatable bonds is 10. The number of ether oxygens (including phenoxy) is 2. The summed E-state index contributed by atoms with van der Waals surface area (Å²) in [5.41, 5.74) is -0.492. The Labute approximate surface area is 181 Å². The van der Waals surface area contributed by atoms with Crippen molar-refractivity contribution in [3.63, 3.8) is 0 Å². The zero-order valence-electron chi connectivity index (χ0n) is 18.4. The van der Waals surface area contributed by atoms with Crippen molar-refractivity contribution < 1.29 is 49.1 Å². The molecule has 0 bridgehead atoms. The molecule has 0 rings (SSSR count). The highest BCUT2D eigenvalue weighted by molar-refractivity contribution is 5.87. The molecule has 0 atom stereocenters. The number of hydrogen-bond donors (Lipinski definition) is 4. The number of aliphatic hydroxyl groups is 2. The normalized spacial score (nSPS) is 9.48. The Morgan fingerprint density at radius 2 is 0.871 bits per heavy atom. The first-order valence-corrected chi connectivity index (χ1v) is 8.71. The van der Waals surface area contributed by atoms with Crippen LogP contribution in [0.5, 0.6) is 0 Å². The van der Waals surface area contributed by atoms with Crippen LogP contribution in [0.2, 0.25) is 0 Å². The Hall–Kier alpha value is -3.24. The van der Waals surface area contributed by atoms with E-state index in [2.05, 4.69) is 26.3 Å². The first-order chi connectivity index (χ1) is 14.1. The summed E-state index contributed by atoms with van der Waals surface area (Å²) in [5, 5.41) is 34.4. The van der Waals surface area contributed by atoms with Gasteiger partial charge in [-0.2, -0.15) is 0 Å². The fourth-order valence-electron chi connectivity index (χ4n) is 0.958. The molecule has 10 nitrogen and oxygen atoms in total. The van der Waals surface area contributed by atoms with E-state index in [4.69, 9.17) is 19.7 Å². The summed E-state index contributed by atoms with van der Waals surface area (Å²) in [6.45, 7) is 17.4. The van der Waals surface area contributed by atoms with Gasteiger partial charge >= 0.3 is 23.9 Å². The van der Waals surface area contributed by atoms with Crippen LogP contribution in [-0.4, -0.2) is 70.7 Å². The second kappa shape index (κ2) is 16.5. The van der Waals surface area contributed by atoms with E-state index >= 15 is 0 Å². The second-order valence-corrected chi connectivity index (χ2v) is 6.70. The first-order valence-electron chi connectivity index (χ1n) is 8.71. The number of aliphatic hydroxyl groups excluding tert-OH is 2. The molecule has 0 saturated carbocycles. The van der Waals surface area contributed by atoms with Gasteiger partial charge in [-0.15, -0.1) is 0 Å². The smallest absolute Gasteiger partial charge is 0.333 e. The van der Waals surface area contributed by atoms with Crippen LogP contribution in [0.3, 0.4) is 0 Å². The average Bonchev–Trinajstić information content (AvgIpc) is 2.68. The van der Waals surface area contributed by atoms with Gasteiger partial charge in [0.05, 0.1) is 18.6 Å². The fraction of sp³-hybridized carbons (Fsp3) is 0.429. The van der Waals surface area contributed by atoms with Crippen molar-refractivity contribution in [2.75, 3.05) is 26.4 Å². The van der Waals surface area contributed by atoms with Crippen molar-refractivity contribution in [3.8, 4) is 0 Å². The van der Waals surface area contributed by atoms with E-state index in [0.29, 0.717) is 0 Å². The van der Waals surface area contributed by atoms with E-state index in [0.717, 1.165) is 0 Å². The number of aliphatic carboxylic acids is 2. The lowest BCUT2D eigenvalue weighted by Crippen LogP contribution is -2.41. The molecule has 0 saturated heterocycles. The molecule has 0 aromatic heterocycles. The van der Waals surface area contributed by atoms with Crippen LogP contribution in [0.15, 0.2) is 48.6 Å². The van der Waals surface area contributed by atoms with E-state index in [9.17, 15) is 29.4 Å². The van der Waals surface area contributed by atoms with Crippen molar-refractivity contribution in [3.05, 3.63) is 48.6 Å². The SMILES string of the molecule is C=C(C)C(=O)O.C=C(C)C(=O)O.C=C(C)C(=O)OCC(CO)(CO)COC(=O)C(=C)C. The number of carbonyl (C=O) groups excluding carboxylic acids is 2. The lowest BCUT2D eigenvalue weighted by molar-refractivity contribution is -0.154. The van der Waals surface area contributed by atoms with Crippen LogP contribution < -0.4 is 0 Å². The monoisotopic (exact) mass is 444 g/mol. The van der Waals surface area contributed by atoms with Crippen LogP contribution in [0, 0.1) is 5.41 Å². The molecule has 0 unspecified atom stereocenters. The molecule has 0 amide bonds. The summed E-state index contributed by atoms with van der Waals surface area (Å²) in [4.78, 5) is 41.7. The number of carboxylic acid groups (broad SMARTS) is 2. The molecular formula is C21H32O10. The van der Waals surface area contributed by atoms with E-state index < -0.39 is 42.5 Å². The van der Waals surface area contributed by atoms with Gasteiger partial charge in [0.2, 0.25) is 0 Å². The average molecular weight is 444 g/mol. The summed E-state index contributed by atoms with van der Waals surface area (Å²) >= 11 is 0. The Balaban J connectivity index is -0.000000532. The molecule has 10 heteroatoms. The van der Waals surface area contributed by atoms with E-state index in [-0.39, 0.29) is 35.5 Å². The molecule has 0 aromatic carbocycles. The summed E-state index contributed by atoms with van der Waals surface area (Å²) in [5.74, 6) is -3.15. The minimum absolute atomic E-state index is 0.176. The van der Waals surface area contributed by atoms with Crippen LogP contribution in [0.4, 0.5) is 0 Å². The van der Waals surface area contributed by atoms with Crippen molar-refractivity contribution >= 4 is 23.9 Å². The third-order valence-corrected chi connectivity index (χ3v) is 3.12. The van der Waals surface area contributed by atoms with Gasteiger partial charge in [-0.25, -0.2) is 19.2 Å². The van der Waals surface area contributed by atoms with E-state index in [1.165, 1.54) is 27.7 Å². The highest BCUT2D eigenvalue weighted by Crippen LogP contribution is 2.18. The van der Waals surface area contributed by atoms with E-state index in [1.54, 1.807) is 0 Å². The molecule has 0 aliphatic rings. The number of carboxylic acids is 2. The third kappa shape index (κ3) is 17.3.